The molecule has 0 aromatic heterocycles. The number of carbonyl (C=O) groups excluding carboxylic acids is 1. The van der Waals surface area contributed by atoms with Gasteiger partial charge in [0.2, 0.25) is 0 Å². The molecule has 1 aromatic carbocycles. The van der Waals surface area contributed by atoms with E-state index >= 15 is 0 Å². The number of carbonyl (C=O) groups is 1. The van der Waals surface area contributed by atoms with E-state index in [1.165, 1.54) is 6.07 Å². The minimum atomic E-state index is -0.815. The molecule has 1 aliphatic rings. The van der Waals surface area contributed by atoms with Crippen LogP contribution in [0.1, 0.15) is 18.4 Å². The number of hydrogen-bond acceptors (Lipinski definition) is 3. The quantitative estimate of drug-likeness (QED) is 0.877. The fraction of sp³-hybridized carbons (Fsp3) is 0.500. The summed E-state index contributed by atoms with van der Waals surface area (Å²) in [7, 11) is 1.54. The summed E-state index contributed by atoms with van der Waals surface area (Å²) in [6, 6.07) is 4.65. The third-order valence-electron chi connectivity index (χ3n) is 3.73. The van der Waals surface area contributed by atoms with Crippen LogP contribution in [0.2, 0.25) is 0 Å². The Kier molecular flexibility index (Phi) is 4.17. The lowest BCUT2D eigenvalue weighted by molar-refractivity contribution is -0.140. The lowest BCUT2D eigenvalue weighted by atomic mass is 9.91. The number of anilines is 1. The van der Waals surface area contributed by atoms with E-state index in [-0.39, 0.29) is 11.7 Å². The van der Waals surface area contributed by atoms with E-state index in [9.17, 15) is 9.18 Å². The fourth-order valence-electron chi connectivity index (χ4n) is 2.33. The van der Waals surface area contributed by atoms with Crippen LogP contribution < -0.4 is 10.6 Å². The zero-order valence-corrected chi connectivity index (χ0v) is 11.3. The molecule has 1 aromatic rings. The van der Waals surface area contributed by atoms with Crippen LogP contribution in [0.15, 0.2) is 18.2 Å². The molecule has 0 unspecified atom stereocenters. The van der Waals surface area contributed by atoms with E-state index in [4.69, 9.17) is 4.74 Å². The second kappa shape index (κ2) is 5.67. The maximum Gasteiger partial charge on any atom is 0.256 e. The molecule has 1 amide bonds. The first kappa shape index (κ1) is 14.0. The normalized spacial score (nSPS) is 18.1. The van der Waals surface area contributed by atoms with Crippen LogP contribution in [0, 0.1) is 12.7 Å². The molecule has 19 heavy (non-hydrogen) atoms. The molecule has 0 spiro atoms. The standard InChI is InChI=1S/C14H19FN2O2/c1-10-11(15)4-3-5-12(10)17-13(18)14(19-2)6-8-16-9-7-14/h3-5,16H,6-9H2,1-2H3,(H,17,18). The molecule has 0 bridgehead atoms. The summed E-state index contributed by atoms with van der Waals surface area (Å²) < 4.78 is 18.9. The Morgan fingerprint density at radius 3 is 2.74 bits per heavy atom. The average Bonchev–Trinajstić information content (AvgIpc) is 2.44. The number of amides is 1. The van der Waals surface area contributed by atoms with Crippen LogP contribution in [0.3, 0.4) is 0 Å². The Morgan fingerprint density at radius 1 is 1.42 bits per heavy atom. The number of piperidine rings is 1. The first-order valence-electron chi connectivity index (χ1n) is 6.41. The molecule has 4 nitrogen and oxygen atoms in total. The molecule has 0 radical (unpaired) electrons. The molecule has 1 heterocycles. The third-order valence-corrected chi connectivity index (χ3v) is 3.73. The maximum absolute atomic E-state index is 13.5. The van der Waals surface area contributed by atoms with Gasteiger partial charge in [0.1, 0.15) is 11.4 Å². The Balaban J connectivity index is 2.17. The van der Waals surface area contributed by atoms with Gasteiger partial charge in [-0.1, -0.05) is 6.07 Å². The fourth-order valence-corrected chi connectivity index (χ4v) is 2.33. The molecular formula is C14H19FN2O2. The monoisotopic (exact) mass is 266 g/mol. The highest BCUT2D eigenvalue weighted by molar-refractivity contribution is 5.98. The Hall–Kier alpha value is -1.46. The number of hydrogen-bond donors (Lipinski definition) is 2. The van der Waals surface area contributed by atoms with Crippen LogP contribution in [-0.2, 0) is 9.53 Å². The highest BCUT2D eigenvalue weighted by atomic mass is 19.1. The minimum Gasteiger partial charge on any atom is -0.368 e. The summed E-state index contributed by atoms with van der Waals surface area (Å²) in [6.45, 7) is 3.12. The summed E-state index contributed by atoms with van der Waals surface area (Å²) in [5, 5.41) is 5.97. The van der Waals surface area contributed by atoms with Gasteiger partial charge in [0, 0.05) is 18.4 Å². The van der Waals surface area contributed by atoms with Crippen LogP contribution >= 0.6 is 0 Å². The summed E-state index contributed by atoms with van der Waals surface area (Å²) >= 11 is 0. The van der Waals surface area contributed by atoms with Gasteiger partial charge in [-0.3, -0.25) is 4.79 Å². The van der Waals surface area contributed by atoms with Crippen LogP contribution in [-0.4, -0.2) is 31.7 Å². The van der Waals surface area contributed by atoms with Gasteiger partial charge >= 0.3 is 0 Å². The van der Waals surface area contributed by atoms with Crippen LogP contribution in [0.25, 0.3) is 0 Å². The van der Waals surface area contributed by atoms with E-state index in [1.54, 1.807) is 26.2 Å². The van der Waals surface area contributed by atoms with Crippen molar-refractivity contribution in [2.24, 2.45) is 0 Å². The first-order valence-corrected chi connectivity index (χ1v) is 6.41. The van der Waals surface area contributed by atoms with Gasteiger partial charge in [-0.05, 0) is 45.0 Å². The van der Waals surface area contributed by atoms with Gasteiger partial charge < -0.3 is 15.4 Å². The predicted molar refractivity (Wildman–Crippen MR) is 71.6 cm³/mol. The second-order valence-electron chi connectivity index (χ2n) is 4.81. The number of halogens is 1. The van der Waals surface area contributed by atoms with E-state index in [0.29, 0.717) is 24.1 Å². The lowest BCUT2D eigenvalue weighted by Crippen LogP contribution is -2.51. The van der Waals surface area contributed by atoms with Gasteiger partial charge in [-0.15, -0.1) is 0 Å². The SMILES string of the molecule is COC1(C(=O)Nc2cccc(F)c2C)CCNCC1. The molecule has 1 saturated heterocycles. The third kappa shape index (κ3) is 2.77. The Bertz CT molecular complexity index is 471. The van der Waals surface area contributed by atoms with E-state index in [1.807, 2.05) is 0 Å². The van der Waals surface area contributed by atoms with Crippen molar-refractivity contribution in [3.8, 4) is 0 Å². The largest absolute Gasteiger partial charge is 0.368 e. The van der Waals surface area contributed by atoms with E-state index in [0.717, 1.165) is 13.1 Å². The van der Waals surface area contributed by atoms with E-state index in [2.05, 4.69) is 10.6 Å². The predicted octanol–water partition coefficient (Wildman–Crippen LogP) is 1.84. The average molecular weight is 266 g/mol. The molecule has 0 saturated carbocycles. The summed E-state index contributed by atoms with van der Waals surface area (Å²) in [5.74, 6) is -0.528. The first-order chi connectivity index (χ1) is 9.09. The molecule has 2 rings (SSSR count). The van der Waals surface area contributed by atoms with Crippen molar-refractivity contribution >= 4 is 11.6 Å². The van der Waals surface area contributed by atoms with Crippen LogP contribution in [0.5, 0.6) is 0 Å². The van der Waals surface area contributed by atoms with Crippen molar-refractivity contribution in [2.45, 2.75) is 25.4 Å². The molecular weight excluding hydrogens is 247 g/mol. The van der Waals surface area contributed by atoms with E-state index < -0.39 is 5.60 Å². The Morgan fingerprint density at radius 2 is 2.11 bits per heavy atom. The highest BCUT2D eigenvalue weighted by Gasteiger charge is 2.39. The second-order valence-corrected chi connectivity index (χ2v) is 4.81. The zero-order chi connectivity index (χ0) is 13.9. The smallest absolute Gasteiger partial charge is 0.256 e. The number of nitrogens with one attached hydrogen (secondary N) is 2. The summed E-state index contributed by atoms with van der Waals surface area (Å²) in [6.07, 6.45) is 1.23. The van der Waals surface area contributed by atoms with Gasteiger partial charge in [-0.25, -0.2) is 4.39 Å². The summed E-state index contributed by atoms with van der Waals surface area (Å²) in [5.41, 5.74) is 0.125. The zero-order valence-electron chi connectivity index (χ0n) is 11.3. The molecule has 5 heteroatoms. The number of ether oxygens (including phenoxy) is 1. The molecule has 0 aliphatic carbocycles. The maximum atomic E-state index is 13.5. The van der Waals surface area contributed by atoms with Crippen molar-refractivity contribution in [1.82, 2.24) is 5.32 Å². The van der Waals surface area contributed by atoms with Crippen LogP contribution in [0.4, 0.5) is 10.1 Å². The van der Waals surface area contributed by atoms with Gasteiger partial charge in [0.15, 0.2) is 0 Å². The number of rotatable bonds is 3. The van der Waals surface area contributed by atoms with Gasteiger partial charge in [0.25, 0.3) is 5.91 Å². The van der Waals surface area contributed by atoms with Gasteiger partial charge in [-0.2, -0.15) is 0 Å². The molecule has 2 N–H and O–H groups in total. The highest BCUT2D eigenvalue weighted by Crippen LogP contribution is 2.26. The number of benzene rings is 1. The molecule has 0 atom stereocenters. The summed E-state index contributed by atoms with van der Waals surface area (Å²) in [4.78, 5) is 12.4. The van der Waals surface area contributed by atoms with Crippen molar-refractivity contribution in [2.75, 3.05) is 25.5 Å². The molecule has 1 aliphatic heterocycles. The van der Waals surface area contributed by atoms with Crippen molar-refractivity contribution < 1.29 is 13.9 Å². The number of methoxy groups -OCH3 is 1. The topological polar surface area (TPSA) is 50.4 Å². The van der Waals surface area contributed by atoms with Crippen molar-refractivity contribution in [1.29, 1.82) is 0 Å². The lowest BCUT2D eigenvalue weighted by Gasteiger charge is -2.34. The van der Waals surface area contributed by atoms with Crippen molar-refractivity contribution in [3.63, 3.8) is 0 Å². The van der Waals surface area contributed by atoms with Crippen molar-refractivity contribution in [3.05, 3.63) is 29.6 Å². The van der Waals surface area contributed by atoms with Gasteiger partial charge in [0.05, 0.1) is 0 Å². The Labute approximate surface area is 112 Å². The molecule has 1 fully saturated rings. The minimum absolute atomic E-state index is 0.204. The molecule has 104 valence electrons.